The quantitative estimate of drug-likeness (QED) is 0.441. The summed E-state index contributed by atoms with van der Waals surface area (Å²) in [5.41, 5.74) is -0.359. The number of benzene rings is 2. The molecular formula is C24H25F3N4O4. The fourth-order valence-electron chi connectivity index (χ4n) is 2.96. The van der Waals surface area contributed by atoms with E-state index in [1.165, 1.54) is 34.1 Å². The SMILES string of the molecule is CN(CCOc1cccc(C(F)(F)F)c1)C(=O)Cn1cc(NC(=O)CCOc2ccccc2)cn1. The summed E-state index contributed by atoms with van der Waals surface area (Å²) < 4.78 is 50.5. The highest BCUT2D eigenvalue weighted by Crippen LogP contribution is 2.31. The maximum atomic E-state index is 12.8. The van der Waals surface area contributed by atoms with Crippen molar-refractivity contribution in [1.29, 1.82) is 0 Å². The molecule has 1 heterocycles. The smallest absolute Gasteiger partial charge is 0.416 e. The Morgan fingerprint density at radius 2 is 1.74 bits per heavy atom. The van der Waals surface area contributed by atoms with Gasteiger partial charge in [0, 0.05) is 13.2 Å². The van der Waals surface area contributed by atoms with Crippen LogP contribution in [0.2, 0.25) is 0 Å². The first-order valence-electron chi connectivity index (χ1n) is 10.7. The highest BCUT2D eigenvalue weighted by molar-refractivity contribution is 5.90. The van der Waals surface area contributed by atoms with Gasteiger partial charge in [0.25, 0.3) is 0 Å². The van der Waals surface area contributed by atoms with E-state index in [1.54, 1.807) is 19.2 Å². The minimum absolute atomic E-state index is 0.0228. The Balaban J connectivity index is 1.38. The summed E-state index contributed by atoms with van der Waals surface area (Å²) in [6.45, 7) is 0.333. The lowest BCUT2D eigenvalue weighted by molar-refractivity contribution is -0.137. The van der Waals surface area contributed by atoms with Gasteiger partial charge in [-0.3, -0.25) is 14.3 Å². The van der Waals surface area contributed by atoms with E-state index in [-0.39, 0.29) is 50.3 Å². The zero-order valence-electron chi connectivity index (χ0n) is 19.0. The molecule has 0 aliphatic rings. The van der Waals surface area contributed by atoms with Crippen LogP contribution in [0.25, 0.3) is 0 Å². The van der Waals surface area contributed by atoms with Crippen LogP contribution in [-0.2, 0) is 22.3 Å². The number of likely N-dealkylation sites (N-methyl/N-ethyl adjacent to an activating group) is 1. The minimum Gasteiger partial charge on any atom is -0.493 e. The number of ether oxygens (including phenoxy) is 2. The van der Waals surface area contributed by atoms with Gasteiger partial charge in [0.15, 0.2) is 0 Å². The largest absolute Gasteiger partial charge is 0.493 e. The van der Waals surface area contributed by atoms with Gasteiger partial charge in [-0.1, -0.05) is 24.3 Å². The van der Waals surface area contributed by atoms with Gasteiger partial charge in [-0.15, -0.1) is 0 Å². The number of amides is 2. The van der Waals surface area contributed by atoms with Crippen LogP contribution in [0.15, 0.2) is 67.0 Å². The van der Waals surface area contributed by atoms with Gasteiger partial charge in [0.05, 0.1) is 37.0 Å². The van der Waals surface area contributed by atoms with Gasteiger partial charge in [-0.25, -0.2) is 0 Å². The Kier molecular flexibility index (Phi) is 8.71. The van der Waals surface area contributed by atoms with Crippen LogP contribution in [-0.4, -0.2) is 53.3 Å². The van der Waals surface area contributed by atoms with Gasteiger partial charge < -0.3 is 19.7 Å². The highest BCUT2D eigenvalue weighted by Gasteiger charge is 2.30. The lowest BCUT2D eigenvalue weighted by Gasteiger charge is -2.18. The molecule has 11 heteroatoms. The molecule has 1 N–H and O–H groups in total. The topological polar surface area (TPSA) is 85.7 Å². The normalized spacial score (nSPS) is 11.1. The van der Waals surface area contributed by atoms with Crippen molar-refractivity contribution in [3.8, 4) is 11.5 Å². The maximum Gasteiger partial charge on any atom is 0.416 e. The molecule has 186 valence electrons. The Labute approximate surface area is 200 Å². The van der Waals surface area contributed by atoms with Crippen molar-refractivity contribution < 1.29 is 32.2 Å². The van der Waals surface area contributed by atoms with E-state index in [4.69, 9.17) is 9.47 Å². The van der Waals surface area contributed by atoms with Gasteiger partial charge in [-0.2, -0.15) is 18.3 Å². The lowest BCUT2D eigenvalue weighted by Crippen LogP contribution is -2.33. The van der Waals surface area contributed by atoms with Crippen molar-refractivity contribution in [1.82, 2.24) is 14.7 Å². The molecule has 0 saturated carbocycles. The molecule has 2 aromatic carbocycles. The van der Waals surface area contributed by atoms with Crippen molar-refractivity contribution in [2.45, 2.75) is 19.1 Å². The van der Waals surface area contributed by atoms with Gasteiger partial charge >= 0.3 is 6.18 Å². The Morgan fingerprint density at radius 1 is 1.03 bits per heavy atom. The second kappa shape index (κ2) is 11.9. The third-order valence-corrected chi connectivity index (χ3v) is 4.84. The average molecular weight is 490 g/mol. The summed E-state index contributed by atoms with van der Waals surface area (Å²) in [5, 5.41) is 6.76. The predicted molar refractivity (Wildman–Crippen MR) is 122 cm³/mol. The van der Waals surface area contributed by atoms with Crippen LogP contribution in [0.4, 0.5) is 18.9 Å². The van der Waals surface area contributed by atoms with Crippen LogP contribution >= 0.6 is 0 Å². The van der Waals surface area contributed by atoms with E-state index in [0.717, 1.165) is 12.1 Å². The summed E-state index contributed by atoms with van der Waals surface area (Å²) in [7, 11) is 1.55. The molecule has 3 rings (SSSR count). The van der Waals surface area contributed by atoms with E-state index < -0.39 is 11.7 Å². The molecule has 0 spiro atoms. The number of rotatable bonds is 11. The van der Waals surface area contributed by atoms with E-state index in [0.29, 0.717) is 11.4 Å². The molecule has 0 aliphatic heterocycles. The molecule has 0 radical (unpaired) electrons. The van der Waals surface area contributed by atoms with Crippen LogP contribution in [0.3, 0.4) is 0 Å². The molecule has 0 unspecified atom stereocenters. The minimum atomic E-state index is -4.45. The fourth-order valence-corrected chi connectivity index (χ4v) is 2.96. The van der Waals surface area contributed by atoms with E-state index >= 15 is 0 Å². The fraction of sp³-hybridized carbons (Fsp3) is 0.292. The second-order valence-electron chi connectivity index (χ2n) is 7.58. The van der Waals surface area contributed by atoms with Gasteiger partial charge in [0.2, 0.25) is 11.8 Å². The molecule has 0 fully saturated rings. The van der Waals surface area contributed by atoms with Crippen LogP contribution < -0.4 is 14.8 Å². The number of anilines is 1. The first-order valence-corrected chi connectivity index (χ1v) is 10.7. The van der Waals surface area contributed by atoms with Crippen molar-refractivity contribution in [3.63, 3.8) is 0 Å². The molecule has 1 aromatic heterocycles. The van der Waals surface area contributed by atoms with Crippen molar-refractivity contribution in [3.05, 3.63) is 72.6 Å². The maximum absolute atomic E-state index is 12.8. The Morgan fingerprint density at radius 3 is 2.49 bits per heavy atom. The molecule has 8 nitrogen and oxygen atoms in total. The number of carbonyl (C=O) groups is 2. The zero-order chi connectivity index (χ0) is 25.3. The number of carbonyl (C=O) groups excluding carboxylic acids is 2. The first kappa shape index (κ1) is 25.6. The van der Waals surface area contributed by atoms with Crippen molar-refractivity contribution in [2.24, 2.45) is 0 Å². The molecule has 0 saturated heterocycles. The number of nitrogens with zero attached hydrogens (tertiary/aromatic N) is 3. The Bertz CT molecular complexity index is 1120. The molecule has 0 bridgehead atoms. The molecular weight excluding hydrogens is 465 g/mol. The Hall–Kier alpha value is -4.02. The van der Waals surface area contributed by atoms with Crippen LogP contribution in [0.1, 0.15) is 12.0 Å². The number of nitrogens with one attached hydrogen (secondary N) is 1. The van der Waals surface area contributed by atoms with Crippen molar-refractivity contribution in [2.75, 3.05) is 32.1 Å². The number of aromatic nitrogens is 2. The van der Waals surface area contributed by atoms with Crippen molar-refractivity contribution >= 4 is 17.5 Å². The number of hydrogen-bond acceptors (Lipinski definition) is 5. The summed E-state index contributed by atoms with van der Waals surface area (Å²) in [6, 6.07) is 13.7. The molecule has 3 aromatic rings. The molecule has 35 heavy (non-hydrogen) atoms. The lowest BCUT2D eigenvalue weighted by atomic mass is 10.2. The average Bonchev–Trinajstić information content (AvgIpc) is 3.25. The third kappa shape index (κ3) is 8.36. The van der Waals surface area contributed by atoms with Gasteiger partial charge in [-0.05, 0) is 30.3 Å². The summed E-state index contributed by atoms with van der Waals surface area (Å²) in [5.74, 6) is 0.212. The number of halogens is 3. The first-order chi connectivity index (χ1) is 16.7. The van der Waals surface area contributed by atoms with E-state index in [2.05, 4.69) is 10.4 Å². The third-order valence-electron chi connectivity index (χ3n) is 4.84. The molecule has 2 amide bonds. The highest BCUT2D eigenvalue weighted by atomic mass is 19.4. The van der Waals surface area contributed by atoms with E-state index in [1.807, 2.05) is 18.2 Å². The summed E-state index contributed by atoms with van der Waals surface area (Å²) in [6.07, 6.45) is -1.35. The summed E-state index contributed by atoms with van der Waals surface area (Å²) in [4.78, 5) is 25.9. The summed E-state index contributed by atoms with van der Waals surface area (Å²) >= 11 is 0. The van der Waals surface area contributed by atoms with E-state index in [9.17, 15) is 22.8 Å². The predicted octanol–water partition coefficient (Wildman–Crippen LogP) is 3.85. The number of para-hydroxylation sites is 1. The van der Waals surface area contributed by atoms with Crippen LogP contribution in [0.5, 0.6) is 11.5 Å². The standard InChI is InChI=1S/C24H25F3N4O4/c1-30(11-13-35-21-9-5-6-18(14-21)24(25,26)27)23(33)17-31-16-19(15-28-31)29-22(32)10-12-34-20-7-3-2-4-8-20/h2-9,14-16H,10-13,17H2,1H3,(H,29,32). The van der Waals surface area contributed by atoms with Gasteiger partial charge in [0.1, 0.15) is 24.7 Å². The zero-order valence-corrected chi connectivity index (χ0v) is 19.0. The molecule has 0 atom stereocenters. The van der Waals surface area contributed by atoms with Crippen LogP contribution in [0, 0.1) is 0 Å². The number of hydrogen-bond donors (Lipinski definition) is 1. The number of alkyl halides is 3. The second-order valence-corrected chi connectivity index (χ2v) is 7.58. The monoisotopic (exact) mass is 490 g/mol. The molecule has 0 aliphatic carbocycles.